The van der Waals surface area contributed by atoms with E-state index in [1.54, 1.807) is 0 Å². The summed E-state index contributed by atoms with van der Waals surface area (Å²) in [7, 11) is 0. The summed E-state index contributed by atoms with van der Waals surface area (Å²) in [5.41, 5.74) is 0.0827. The van der Waals surface area contributed by atoms with Gasteiger partial charge in [-0.1, -0.05) is 53.7 Å². The summed E-state index contributed by atoms with van der Waals surface area (Å²) >= 11 is 8.64. The Morgan fingerprint density at radius 1 is 1.10 bits per heavy atom. The SMILES string of the molecule is O=C(CSc1ncnc2sc(-c3ccccc3)cc12)Nc1cc(C(F)(F)F)ccc1Cl. The van der Waals surface area contributed by atoms with Gasteiger partial charge in [-0.05, 0) is 29.8 Å². The summed E-state index contributed by atoms with van der Waals surface area (Å²) in [6.45, 7) is 0. The average Bonchev–Trinajstić information content (AvgIpc) is 3.18. The van der Waals surface area contributed by atoms with Gasteiger partial charge in [-0.3, -0.25) is 4.79 Å². The van der Waals surface area contributed by atoms with Crippen LogP contribution in [0.3, 0.4) is 0 Å². The molecule has 0 spiro atoms. The van der Waals surface area contributed by atoms with Gasteiger partial charge in [0.25, 0.3) is 0 Å². The first-order valence-electron chi connectivity index (χ1n) is 8.90. The van der Waals surface area contributed by atoms with Crippen LogP contribution in [0.2, 0.25) is 5.02 Å². The van der Waals surface area contributed by atoms with Gasteiger partial charge in [-0.15, -0.1) is 11.3 Å². The molecule has 0 unspecified atom stereocenters. The van der Waals surface area contributed by atoms with Crippen molar-refractivity contribution in [2.75, 3.05) is 11.1 Å². The minimum absolute atomic E-state index is 0.0288. The molecule has 0 saturated heterocycles. The number of amides is 1. The molecule has 31 heavy (non-hydrogen) atoms. The van der Waals surface area contributed by atoms with Gasteiger partial charge in [-0.2, -0.15) is 13.2 Å². The maximum Gasteiger partial charge on any atom is 0.416 e. The van der Waals surface area contributed by atoms with Crippen molar-refractivity contribution in [3.05, 3.63) is 71.5 Å². The minimum Gasteiger partial charge on any atom is -0.324 e. The molecule has 0 bridgehead atoms. The number of hydrogen-bond acceptors (Lipinski definition) is 5. The second kappa shape index (κ2) is 8.86. The number of fused-ring (bicyclic) bond motifs is 1. The van der Waals surface area contributed by atoms with Crippen molar-refractivity contribution in [3.63, 3.8) is 0 Å². The van der Waals surface area contributed by atoms with E-state index < -0.39 is 17.6 Å². The van der Waals surface area contributed by atoms with E-state index in [0.29, 0.717) is 5.03 Å². The van der Waals surface area contributed by atoms with Gasteiger partial charge in [0, 0.05) is 10.3 Å². The van der Waals surface area contributed by atoms with Crippen molar-refractivity contribution in [1.29, 1.82) is 0 Å². The van der Waals surface area contributed by atoms with E-state index in [9.17, 15) is 18.0 Å². The lowest BCUT2D eigenvalue weighted by molar-refractivity contribution is -0.137. The second-order valence-corrected chi connectivity index (χ2v) is 8.81. The molecule has 0 fully saturated rings. The van der Waals surface area contributed by atoms with Crippen LogP contribution < -0.4 is 5.32 Å². The predicted molar refractivity (Wildman–Crippen MR) is 119 cm³/mol. The number of carbonyl (C=O) groups excluding carboxylic acids is 1. The molecule has 4 nitrogen and oxygen atoms in total. The van der Waals surface area contributed by atoms with Crippen molar-refractivity contribution >= 4 is 56.5 Å². The second-order valence-electron chi connectivity index (χ2n) is 6.40. The normalized spacial score (nSPS) is 11.6. The molecule has 0 aliphatic rings. The molecule has 2 aromatic heterocycles. The lowest BCUT2D eigenvalue weighted by atomic mass is 10.2. The number of benzene rings is 2. The number of aromatic nitrogens is 2. The quantitative estimate of drug-likeness (QED) is 0.254. The van der Waals surface area contributed by atoms with Gasteiger partial charge in [0.15, 0.2) is 0 Å². The molecule has 0 atom stereocenters. The van der Waals surface area contributed by atoms with Gasteiger partial charge < -0.3 is 5.32 Å². The van der Waals surface area contributed by atoms with E-state index in [4.69, 9.17) is 11.6 Å². The van der Waals surface area contributed by atoms with Crippen molar-refractivity contribution in [1.82, 2.24) is 9.97 Å². The Labute approximate surface area is 188 Å². The van der Waals surface area contributed by atoms with Crippen LogP contribution >= 0.6 is 34.7 Å². The minimum atomic E-state index is -4.53. The summed E-state index contributed by atoms with van der Waals surface area (Å²) in [6, 6.07) is 14.6. The van der Waals surface area contributed by atoms with E-state index in [0.717, 1.165) is 38.9 Å². The molecule has 1 amide bonds. The number of halogens is 4. The molecule has 10 heteroatoms. The Morgan fingerprint density at radius 3 is 2.61 bits per heavy atom. The number of hydrogen-bond donors (Lipinski definition) is 1. The van der Waals surface area contributed by atoms with E-state index in [1.807, 2.05) is 36.4 Å². The number of nitrogens with one attached hydrogen (secondary N) is 1. The summed E-state index contributed by atoms with van der Waals surface area (Å²) in [6.07, 6.45) is -3.10. The Kier molecular flexibility index (Phi) is 6.17. The molecule has 0 aliphatic carbocycles. The lowest BCUT2D eigenvalue weighted by Crippen LogP contribution is -2.15. The van der Waals surface area contributed by atoms with E-state index in [2.05, 4.69) is 15.3 Å². The maximum absolute atomic E-state index is 12.9. The number of thiophene rings is 1. The van der Waals surface area contributed by atoms with Crippen molar-refractivity contribution in [2.45, 2.75) is 11.2 Å². The molecule has 0 radical (unpaired) electrons. The van der Waals surface area contributed by atoms with Crippen molar-refractivity contribution < 1.29 is 18.0 Å². The first-order chi connectivity index (χ1) is 14.8. The standard InChI is InChI=1S/C21H13ClF3N3OS2/c22-15-7-6-13(21(23,24)25)8-16(15)28-18(29)10-30-19-14-9-17(12-4-2-1-3-5-12)31-20(14)27-11-26-19/h1-9,11H,10H2,(H,28,29). The molecular formula is C21H13ClF3N3OS2. The predicted octanol–water partition coefficient (Wildman–Crippen LogP) is 6.76. The first kappa shape index (κ1) is 21.6. The highest BCUT2D eigenvalue weighted by Crippen LogP contribution is 2.37. The smallest absolute Gasteiger partial charge is 0.324 e. The Balaban J connectivity index is 1.49. The van der Waals surface area contributed by atoms with Crippen LogP contribution in [0.4, 0.5) is 18.9 Å². The zero-order chi connectivity index (χ0) is 22.0. The van der Waals surface area contributed by atoms with Crippen LogP contribution in [0, 0.1) is 0 Å². The lowest BCUT2D eigenvalue weighted by Gasteiger charge is -2.11. The third-order valence-electron chi connectivity index (χ3n) is 4.26. The zero-order valence-electron chi connectivity index (χ0n) is 15.6. The third kappa shape index (κ3) is 5.00. The number of alkyl halides is 3. The third-order valence-corrected chi connectivity index (χ3v) is 6.69. The molecule has 2 aromatic carbocycles. The summed E-state index contributed by atoms with van der Waals surface area (Å²) < 4.78 is 38.7. The van der Waals surface area contributed by atoms with Crippen LogP contribution in [0.15, 0.2) is 66.0 Å². The van der Waals surface area contributed by atoms with Gasteiger partial charge in [0.05, 0.1) is 22.0 Å². The highest BCUT2D eigenvalue weighted by atomic mass is 35.5. The Morgan fingerprint density at radius 2 is 1.87 bits per heavy atom. The molecule has 2 heterocycles. The van der Waals surface area contributed by atoms with Crippen molar-refractivity contribution in [3.8, 4) is 10.4 Å². The largest absolute Gasteiger partial charge is 0.416 e. The molecule has 0 aliphatic heterocycles. The Hall–Kier alpha value is -2.62. The average molecular weight is 480 g/mol. The fourth-order valence-electron chi connectivity index (χ4n) is 2.81. The topological polar surface area (TPSA) is 54.9 Å². The van der Waals surface area contributed by atoms with Gasteiger partial charge in [0.1, 0.15) is 16.2 Å². The monoisotopic (exact) mass is 479 g/mol. The zero-order valence-corrected chi connectivity index (χ0v) is 18.0. The van der Waals surface area contributed by atoms with Crippen LogP contribution in [-0.4, -0.2) is 21.6 Å². The van der Waals surface area contributed by atoms with E-state index >= 15 is 0 Å². The van der Waals surface area contributed by atoms with Crippen LogP contribution in [0.5, 0.6) is 0 Å². The number of thioether (sulfide) groups is 1. The van der Waals surface area contributed by atoms with Crippen LogP contribution in [0.1, 0.15) is 5.56 Å². The first-order valence-corrected chi connectivity index (χ1v) is 11.1. The van der Waals surface area contributed by atoms with Gasteiger partial charge in [0.2, 0.25) is 5.91 Å². The molecule has 0 saturated carbocycles. The van der Waals surface area contributed by atoms with Gasteiger partial charge in [-0.25, -0.2) is 9.97 Å². The maximum atomic E-state index is 12.9. The number of nitrogens with zero attached hydrogens (tertiary/aromatic N) is 2. The summed E-state index contributed by atoms with van der Waals surface area (Å²) in [5, 5.41) is 3.91. The van der Waals surface area contributed by atoms with E-state index in [-0.39, 0.29) is 16.5 Å². The molecule has 4 aromatic rings. The van der Waals surface area contributed by atoms with Gasteiger partial charge >= 0.3 is 6.18 Å². The fraction of sp³-hybridized carbons (Fsp3) is 0.0952. The number of rotatable bonds is 5. The number of carbonyl (C=O) groups is 1. The number of anilines is 1. The van der Waals surface area contributed by atoms with Crippen LogP contribution in [-0.2, 0) is 11.0 Å². The Bertz CT molecular complexity index is 1250. The molecule has 158 valence electrons. The summed E-state index contributed by atoms with van der Waals surface area (Å²) in [5.74, 6) is -0.536. The highest BCUT2D eigenvalue weighted by molar-refractivity contribution is 8.00. The highest BCUT2D eigenvalue weighted by Gasteiger charge is 2.31. The molecular weight excluding hydrogens is 467 g/mol. The van der Waals surface area contributed by atoms with E-state index in [1.165, 1.54) is 29.4 Å². The van der Waals surface area contributed by atoms with Crippen LogP contribution in [0.25, 0.3) is 20.7 Å². The summed E-state index contributed by atoms with van der Waals surface area (Å²) in [4.78, 5) is 22.7. The molecule has 4 rings (SSSR count). The van der Waals surface area contributed by atoms with Crippen molar-refractivity contribution in [2.24, 2.45) is 0 Å². The molecule has 1 N–H and O–H groups in total. The fourth-order valence-corrected chi connectivity index (χ4v) is 4.82.